The van der Waals surface area contributed by atoms with E-state index >= 15 is 0 Å². The van der Waals surface area contributed by atoms with E-state index in [-0.39, 0.29) is 0 Å². The van der Waals surface area contributed by atoms with Gasteiger partial charge in [0.15, 0.2) is 5.78 Å². The van der Waals surface area contributed by atoms with Crippen LogP contribution in [0.3, 0.4) is 0 Å². The second kappa shape index (κ2) is 7.03. The molecule has 2 atom stereocenters. The molecule has 0 amide bonds. The molecular formula is C24H30N2O. The number of hydrogen-bond acceptors (Lipinski definition) is 1. The molecule has 0 aliphatic heterocycles. The monoisotopic (exact) mass is 362 g/mol. The minimum Gasteiger partial charge on any atom is -0.348 e. The maximum atomic E-state index is 13.0. The molecule has 2 unspecified atom stereocenters. The van der Waals surface area contributed by atoms with Gasteiger partial charge in [0.2, 0.25) is 0 Å². The van der Waals surface area contributed by atoms with Gasteiger partial charge in [-0.1, -0.05) is 39.0 Å². The van der Waals surface area contributed by atoms with Crippen molar-refractivity contribution >= 4 is 16.7 Å². The molecule has 3 heteroatoms. The summed E-state index contributed by atoms with van der Waals surface area (Å²) in [6, 6.07) is 13.0. The molecule has 0 N–H and O–H groups in total. The summed E-state index contributed by atoms with van der Waals surface area (Å²) in [7, 11) is 0. The number of carbonyl (C=O) groups is 1. The number of rotatable bonds is 5. The third kappa shape index (κ3) is 2.75. The van der Waals surface area contributed by atoms with Crippen LogP contribution in [0.5, 0.6) is 0 Å². The summed E-state index contributed by atoms with van der Waals surface area (Å²) >= 11 is 0. The molecule has 0 saturated carbocycles. The lowest BCUT2D eigenvalue weighted by atomic mass is 9.78. The van der Waals surface area contributed by atoms with Crippen molar-refractivity contribution in [2.75, 3.05) is 0 Å². The van der Waals surface area contributed by atoms with Crippen molar-refractivity contribution in [3.05, 3.63) is 59.0 Å². The molecule has 0 saturated heterocycles. The number of carbonyl (C=O) groups excluding carboxylic acids is 1. The smallest absolute Gasteiger partial charge is 0.165 e. The fraction of sp³-hybridized carbons (Fsp3) is 0.458. The van der Waals surface area contributed by atoms with Gasteiger partial charge in [0, 0.05) is 59.0 Å². The number of para-hydroxylation sites is 1. The van der Waals surface area contributed by atoms with Crippen LogP contribution in [0.4, 0.5) is 0 Å². The number of benzene rings is 1. The average Bonchev–Trinajstić information content (AvgIpc) is 3.22. The topological polar surface area (TPSA) is 26.9 Å². The van der Waals surface area contributed by atoms with Gasteiger partial charge in [0.25, 0.3) is 0 Å². The Labute approximate surface area is 162 Å². The molecule has 2 heterocycles. The van der Waals surface area contributed by atoms with Gasteiger partial charge in [-0.05, 0) is 43.9 Å². The molecule has 27 heavy (non-hydrogen) atoms. The van der Waals surface area contributed by atoms with Gasteiger partial charge >= 0.3 is 0 Å². The number of aryl methyl sites for hydroxylation is 3. The third-order valence-electron chi connectivity index (χ3n) is 6.42. The first kappa shape index (κ1) is 18.1. The van der Waals surface area contributed by atoms with Crippen LogP contribution in [-0.2, 0) is 25.9 Å². The molecule has 3 aromatic rings. The molecule has 0 fully saturated rings. The maximum Gasteiger partial charge on any atom is 0.165 e. The molecule has 1 aliphatic carbocycles. The quantitative estimate of drug-likeness (QED) is 0.581. The number of aromatic nitrogens is 2. The van der Waals surface area contributed by atoms with Gasteiger partial charge in [0.1, 0.15) is 0 Å². The van der Waals surface area contributed by atoms with Crippen molar-refractivity contribution in [2.24, 2.45) is 5.92 Å². The summed E-state index contributed by atoms with van der Waals surface area (Å²) in [5.41, 5.74) is 6.25. The summed E-state index contributed by atoms with van der Waals surface area (Å²) in [5.74, 6) is 1.04. The van der Waals surface area contributed by atoms with Crippen LogP contribution < -0.4 is 0 Å². The predicted molar refractivity (Wildman–Crippen MR) is 112 cm³/mol. The predicted octanol–water partition coefficient (Wildman–Crippen LogP) is 5.59. The Morgan fingerprint density at radius 1 is 0.963 bits per heavy atom. The second-order valence-electron chi connectivity index (χ2n) is 7.87. The number of nitrogens with zero attached hydrogens (tertiary/aromatic N) is 2. The summed E-state index contributed by atoms with van der Waals surface area (Å²) in [4.78, 5) is 13.0. The molecular weight excluding hydrogens is 332 g/mol. The van der Waals surface area contributed by atoms with Crippen LogP contribution in [0.15, 0.2) is 36.4 Å². The number of hydrogen-bond donors (Lipinski definition) is 0. The highest BCUT2D eigenvalue weighted by atomic mass is 16.1. The molecule has 2 aromatic heterocycles. The second-order valence-corrected chi connectivity index (χ2v) is 7.87. The first-order valence-electron chi connectivity index (χ1n) is 10.4. The highest BCUT2D eigenvalue weighted by Gasteiger charge is 2.36. The lowest BCUT2D eigenvalue weighted by Crippen LogP contribution is -2.29. The summed E-state index contributed by atoms with van der Waals surface area (Å²) in [6.07, 6.45) is 2.74. The van der Waals surface area contributed by atoms with E-state index in [1.54, 1.807) is 0 Å². The van der Waals surface area contributed by atoms with Crippen LogP contribution >= 0.6 is 0 Å². The Balaban J connectivity index is 1.90. The van der Waals surface area contributed by atoms with Crippen molar-refractivity contribution in [3.63, 3.8) is 0 Å². The normalized spacial score (nSPS) is 19.6. The summed E-state index contributed by atoms with van der Waals surface area (Å²) in [5, 5.41) is 1.13. The maximum absolute atomic E-state index is 13.0. The van der Waals surface area contributed by atoms with E-state index in [9.17, 15) is 4.79 Å². The fourth-order valence-electron chi connectivity index (χ4n) is 5.02. The Morgan fingerprint density at radius 3 is 2.26 bits per heavy atom. The Bertz CT molecular complexity index is 970. The van der Waals surface area contributed by atoms with Gasteiger partial charge in [-0.25, -0.2) is 0 Å². The van der Waals surface area contributed by atoms with Gasteiger partial charge < -0.3 is 9.13 Å². The van der Waals surface area contributed by atoms with E-state index in [0.29, 0.717) is 24.0 Å². The van der Waals surface area contributed by atoms with Gasteiger partial charge in [-0.15, -0.1) is 0 Å². The van der Waals surface area contributed by atoms with Crippen molar-refractivity contribution in [1.82, 2.24) is 9.13 Å². The van der Waals surface area contributed by atoms with E-state index in [2.05, 4.69) is 73.2 Å². The van der Waals surface area contributed by atoms with Gasteiger partial charge in [-0.3, -0.25) is 4.79 Å². The SMILES string of the molecule is CCc1ccc(CC)n1CC1c2c(c3ccccc3n2CC)C(=O)CC1C. The van der Waals surface area contributed by atoms with Gasteiger partial charge in [-0.2, -0.15) is 0 Å². The van der Waals surface area contributed by atoms with Gasteiger partial charge in [0.05, 0.1) is 0 Å². The largest absolute Gasteiger partial charge is 0.348 e. The zero-order valence-corrected chi connectivity index (χ0v) is 17.0. The molecule has 1 aliphatic rings. The van der Waals surface area contributed by atoms with Crippen LogP contribution in [0.2, 0.25) is 0 Å². The Morgan fingerprint density at radius 2 is 1.63 bits per heavy atom. The molecule has 3 nitrogen and oxygen atoms in total. The molecule has 4 rings (SSSR count). The first-order valence-corrected chi connectivity index (χ1v) is 10.4. The molecule has 1 aromatic carbocycles. The zero-order chi connectivity index (χ0) is 19.1. The number of ketones is 1. The van der Waals surface area contributed by atoms with Crippen LogP contribution in [0.25, 0.3) is 10.9 Å². The van der Waals surface area contributed by atoms with E-state index in [4.69, 9.17) is 0 Å². The van der Waals surface area contributed by atoms with Crippen molar-refractivity contribution in [3.8, 4) is 0 Å². The minimum absolute atomic E-state index is 0.316. The molecule has 142 valence electrons. The Hall–Kier alpha value is -2.29. The zero-order valence-electron chi connectivity index (χ0n) is 17.0. The van der Waals surface area contributed by atoms with E-state index in [1.807, 2.05) is 0 Å². The fourth-order valence-corrected chi connectivity index (χ4v) is 5.02. The van der Waals surface area contributed by atoms with Crippen molar-refractivity contribution in [1.29, 1.82) is 0 Å². The standard InChI is InChI=1S/C24H30N2O/c1-5-17-12-13-18(6-2)26(17)15-20-16(4)14-22(27)23-19-10-8-9-11-21(19)25(7-3)24(20)23/h8-13,16,20H,5-7,14-15H2,1-4H3. The lowest BCUT2D eigenvalue weighted by molar-refractivity contribution is 0.0938. The summed E-state index contributed by atoms with van der Waals surface area (Å²) < 4.78 is 4.90. The average molecular weight is 363 g/mol. The van der Waals surface area contributed by atoms with Crippen molar-refractivity contribution in [2.45, 2.75) is 66.0 Å². The van der Waals surface area contributed by atoms with Crippen molar-refractivity contribution < 1.29 is 4.79 Å². The first-order chi connectivity index (χ1) is 13.1. The molecule has 0 radical (unpaired) electrons. The third-order valence-corrected chi connectivity index (χ3v) is 6.42. The van der Waals surface area contributed by atoms with Crippen LogP contribution in [0.1, 0.15) is 67.5 Å². The van der Waals surface area contributed by atoms with Crippen LogP contribution in [0, 0.1) is 5.92 Å². The van der Waals surface area contributed by atoms with Crippen LogP contribution in [-0.4, -0.2) is 14.9 Å². The minimum atomic E-state index is 0.316. The molecule has 0 spiro atoms. The highest BCUT2D eigenvalue weighted by Crippen LogP contribution is 2.42. The number of Topliss-reactive ketones (excluding diaryl/α,β-unsaturated/α-hetero) is 1. The molecule has 0 bridgehead atoms. The van der Waals surface area contributed by atoms with E-state index in [1.165, 1.54) is 22.6 Å². The lowest BCUT2D eigenvalue weighted by Gasteiger charge is -2.32. The van der Waals surface area contributed by atoms with E-state index < -0.39 is 0 Å². The Kier molecular flexibility index (Phi) is 4.71. The highest BCUT2D eigenvalue weighted by molar-refractivity contribution is 6.10. The number of fused-ring (bicyclic) bond motifs is 3. The summed E-state index contributed by atoms with van der Waals surface area (Å²) in [6.45, 7) is 10.8. The van der Waals surface area contributed by atoms with E-state index in [0.717, 1.165) is 36.9 Å².